The zero-order chi connectivity index (χ0) is 36.1. The standard InChI is InChI=1S/C32H42N11O7S/c1-40(2)29(44)20-49-25-17-34-31(35-18-25)37-21-5-7-24(8-6-21)50-30-26-13-22(15-33-27(26)14-28(38-30)42-9-11-48-12-10-42)43(51(4,46)47)19-23-16-36-32(39-45)41(23)3/h13-18,21,24H,5-12,19-20H2,1-4H3,(H2-,34,35,36,37,39,45)/q-1. The van der Waals surface area contributed by atoms with Crippen LogP contribution in [0.15, 0.2) is 36.9 Å². The summed E-state index contributed by atoms with van der Waals surface area (Å²) in [6, 6.07) is 3.73. The number of aromatic nitrogens is 6. The van der Waals surface area contributed by atoms with Gasteiger partial charge in [0, 0.05) is 46.3 Å². The summed E-state index contributed by atoms with van der Waals surface area (Å²) in [4.78, 5) is 37.7. The number of hydrogen-bond acceptors (Lipinski definition) is 15. The van der Waals surface area contributed by atoms with Gasteiger partial charge in [-0.15, -0.1) is 0 Å². The number of rotatable bonds is 13. The van der Waals surface area contributed by atoms with E-state index in [0.29, 0.717) is 72.0 Å². The van der Waals surface area contributed by atoms with E-state index in [1.807, 2.05) is 6.07 Å². The summed E-state index contributed by atoms with van der Waals surface area (Å²) in [7, 11) is 1.18. The molecule has 4 aromatic rings. The SMILES string of the molecule is CN(C)C(=O)COc1cnc(NC2CCC(Oc3nc(N4CCOCC4)cc4ncc(N(Cc5cnc(N[O-])n5C)S(C)(=O)=O)cc34)CC2)nc1. The van der Waals surface area contributed by atoms with Gasteiger partial charge in [-0.25, -0.2) is 23.4 Å². The van der Waals surface area contributed by atoms with E-state index in [4.69, 9.17) is 19.2 Å². The van der Waals surface area contributed by atoms with E-state index in [0.717, 1.165) is 31.9 Å². The lowest BCUT2D eigenvalue weighted by atomic mass is 9.93. The number of hydrogen-bond donors (Lipinski definition) is 2. The number of ether oxygens (including phenoxy) is 3. The molecule has 19 heteroatoms. The molecule has 2 fully saturated rings. The molecule has 0 atom stereocenters. The number of carbonyl (C=O) groups is 1. The molecule has 0 spiro atoms. The Bertz CT molecular complexity index is 1930. The molecular weight excluding hydrogens is 682 g/mol. The zero-order valence-electron chi connectivity index (χ0n) is 29.0. The van der Waals surface area contributed by atoms with E-state index in [1.165, 1.54) is 38.6 Å². The Hall–Kier alpha value is -5.01. The summed E-state index contributed by atoms with van der Waals surface area (Å²) in [5, 5.41) is 15.2. The Kier molecular flexibility index (Phi) is 10.9. The van der Waals surface area contributed by atoms with Gasteiger partial charge in [0.2, 0.25) is 21.9 Å². The van der Waals surface area contributed by atoms with Gasteiger partial charge in [-0.2, -0.15) is 4.98 Å². The van der Waals surface area contributed by atoms with Crippen LogP contribution in [0.4, 0.5) is 23.4 Å². The van der Waals surface area contributed by atoms with Crippen LogP contribution < -0.4 is 29.5 Å². The first-order valence-electron chi connectivity index (χ1n) is 16.6. The maximum atomic E-state index is 13.1. The molecule has 1 aliphatic carbocycles. The molecule has 5 heterocycles. The summed E-state index contributed by atoms with van der Waals surface area (Å²) < 4.78 is 46.5. The second-order valence-corrected chi connectivity index (χ2v) is 14.6. The van der Waals surface area contributed by atoms with Crippen LogP contribution in [0.1, 0.15) is 31.4 Å². The molecule has 0 bridgehead atoms. The van der Waals surface area contributed by atoms with E-state index in [2.05, 4.69) is 30.2 Å². The van der Waals surface area contributed by atoms with Gasteiger partial charge >= 0.3 is 0 Å². The molecule has 1 saturated heterocycles. The Labute approximate surface area is 295 Å². The topological polar surface area (TPSA) is 205 Å². The summed E-state index contributed by atoms with van der Waals surface area (Å²) in [6.45, 7) is 2.34. The number of anilines is 4. The average molecular weight is 725 g/mol. The molecule has 1 amide bonds. The van der Waals surface area contributed by atoms with Crippen LogP contribution in [-0.2, 0) is 33.1 Å². The highest BCUT2D eigenvalue weighted by molar-refractivity contribution is 7.92. The molecule has 51 heavy (non-hydrogen) atoms. The molecular formula is C32H42N11O7S-. The number of imidazole rings is 1. The van der Waals surface area contributed by atoms with Crippen LogP contribution >= 0.6 is 0 Å². The highest BCUT2D eigenvalue weighted by Crippen LogP contribution is 2.34. The predicted octanol–water partition coefficient (Wildman–Crippen LogP) is 2.13. The van der Waals surface area contributed by atoms with Crippen molar-refractivity contribution in [3.8, 4) is 11.6 Å². The second-order valence-electron chi connectivity index (χ2n) is 12.7. The van der Waals surface area contributed by atoms with Gasteiger partial charge in [0.05, 0.1) is 73.1 Å². The lowest BCUT2D eigenvalue weighted by Gasteiger charge is -2.31. The van der Waals surface area contributed by atoms with Crippen molar-refractivity contribution in [3.05, 3.63) is 47.8 Å². The van der Waals surface area contributed by atoms with Gasteiger partial charge in [-0.1, -0.05) is 0 Å². The third-order valence-corrected chi connectivity index (χ3v) is 10.0. The Balaban J connectivity index is 1.19. The largest absolute Gasteiger partial charge is 0.759 e. The van der Waals surface area contributed by atoms with E-state index in [-0.39, 0.29) is 37.2 Å². The van der Waals surface area contributed by atoms with Crippen LogP contribution in [-0.4, -0.2) is 114 Å². The Morgan fingerprint density at radius 3 is 2.41 bits per heavy atom. The number of likely N-dealkylation sites (N-methyl/N-ethyl adjacent to an activating group) is 1. The van der Waals surface area contributed by atoms with Crippen molar-refractivity contribution < 1.29 is 27.4 Å². The molecule has 0 unspecified atom stereocenters. The minimum absolute atomic E-state index is 0.0699. The first-order valence-corrected chi connectivity index (χ1v) is 18.4. The summed E-state index contributed by atoms with van der Waals surface area (Å²) in [6.07, 6.45) is 10.1. The van der Waals surface area contributed by atoms with Gasteiger partial charge in [0.25, 0.3) is 5.91 Å². The number of carbonyl (C=O) groups excluding carboxylic acids is 1. The third kappa shape index (κ3) is 8.66. The van der Waals surface area contributed by atoms with E-state index in [1.54, 1.807) is 32.7 Å². The fraction of sp³-hybridized carbons (Fsp3) is 0.500. The molecule has 0 aromatic carbocycles. The van der Waals surface area contributed by atoms with Gasteiger partial charge in [-0.05, 0) is 31.7 Å². The van der Waals surface area contributed by atoms with Gasteiger partial charge in [0.15, 0.2) is 18.3 Å². The highest BCUT2D eigenvalue weighted by atomic mass is 32.2. The molecule has 2 N–H and O–H groups in total. The average Bonchev–Trinajstić information content (AvgIpc) is 3.49. The van der Waals surface area contributed by atoms with Crippen molar-refractivity contribution in [2.75, 3.05) is 73.3 Å². The summed E-state index contributed by atoms with van der Waals surface area (Å²) >= 11 is 0. The molecule has 6 rings (SSSR count). The maximum Gasteiger partial charge on any atom is 0.259 e. The lowest BCUT2D eigenvalue weighted by molar-refractivity contribution is -0.130. The maximum absolute atomic E-state index is 13.1. The first-order chi connectivity index (χ1) is 24.5. The van der Waals surface area contributed by atoms with Crippen molar-refractivity contribution in [2.45, 2.75) is 44.4 Å². The number of sulfonamides is 1. The fourth-order valence-electron chi connectivity index (χ4n) is 5.89. The summed E-state index contributed by atoms with van der Waals surface area (Å²) in [5.74, 6) is 1.87. The van der Waals surface area contributed by atoms with E-state index < -0.39 is 10.0 Å². The highest BCUT2D eigenvalue weighted by Gasteiger charge is 2.27. The fourth-order valence-corrected chi connectivity index (χ4v) is 6.74. The number of pyridine rings is 2. The molecule has 274 valence electrons. The lowest BCUT2D eigenvalue weighted by Crippen LogP contribution is -2.37. The number of amides is 1. The van der Waals surface area contributed by atoms with Crippen molar-refractivity contribution >= 4 is 50.2 Å². The quantitative estimate of drug-likeness (QED) is 0.190. The summed E-state index contributed by atoms with van der Waals surface area (Å²) in [5.41, 5.74) is 3.20. The van der Waals surface area contributed by atoms with Crippen molar-refractivity contribution in [1.82, 2.24) is 34.4 Å². The Morgan fingerprint density at radius 2 is 1.76 bits per heavy atom. The van der Waals surface area contributed by atoms with Crippen LogP contribution in [0, 0.1) is 5.21 Å². The smallest absolute Gasteiger partial charge is 0.259 e. The van der Waals surface area contributed by atoms with E-state index >= 15 is 0 Å². The van der Waals surface area contributed by atoms with Crippen LogP contribution in [0.2, 0.25) is 0 Å². The minimum atomic E-state index is -3.78. The van der Waals surface area contributed by atoms with E-state index in [9.17, 15) is 18.4 Å². The zero-order valence-corrected chi connectivity index (χ0v) is 29.8. The first kappa shape index (κ1) is 35.8. The van der Waals surface area contributed by atoms with Crippen molar-refractivity contribution in [2.24, 2.45) is 7.05 Å². The minimum Gasteiger partial charge on any atom is -0.759 e. The molecule has 2 aliphatic rings. The predicted molar refractivity (Wildman–Crippen MR) is 190 cm³/mol. The molecule has 0 radical (unpaired) electrons. The Morgan fingerprint density at radius 1 is 1.04 bits per heavy atom. The number of nitrogens with zero attached hydrogens (tertiary/aromatic N) is 9. The molecule has 4 aromatic heterocycles. The number of fused-ring (bicyclic) bond motifs is 1. The molecule has 1 saturated carbocycles. The van der Waals surface area contributed by atoms with Crippen molar-refractivity contribution in [1.29, 1.82) is 0 Å². The van der Waals surface area contributed by atoms with Crippen LogP contribution in [0.5, 0.6) is 11.6 Å². The van der Waals surface area contributed by atoms with Gasteiger partial charge < -0.3 is 44.6 Å². The van der Waals surface area contributed by atoms with Crippen molar-refractivity contribution in [3.63, 3.8) is 0 Å². The van der Waals surface area contributed by atoms with Gasteiger partial charge in [0.1, 0.15) is 11.9 Å². The van der Waals surface area contributed by atoms with Crippen LogP contribution in [0.3, 0.4) is 0 Å². The third-order valence-electron chi connectivity index (χ3n) is 8.90. The molecule has 1 aliphatic heterocycles. The number of nitrogens with one attached hydrogen (secondary N) is 2. The second kappa shape index (κ2) is 15.5. The van der Waals surface area contributed by atoms with Crippen LogP contribution in [0.25, 0.3) is 10.9 Å². The number of morpholine rings is 1. The monoisotopic (exact) mass is 724 g/mol. The van der Waals surface area contributed by atoms with Gasteiger partial charge in [-0.3, -0.25) is 14.1 Å². The normalized spacial score (nSPS) is 17.9. The molecule has 18 nitrogen and oxygen atoms in total.